The predicted octanol–water partition coefficient (Wildman–Crippen LogP) is 2.23. The van der Waals surface area contributed by atoms with Crippen molar-refractivity contribution < 1.29 is 14.1 Å². The predicted molar refractivity (Wildman–Crippen MR) is 51.2 cm³/mol. The molecule has 5 heteroatoms. The highest BCUT2D eigenvalue weighted by Crippen LogP contribution is 2.06. The Balaban J connectivity index is 2.23. The fraction of sp³-hybridized carbons (Fsp3) is 0.125. The Labute approximate surface area is 80.6 Å². The van der Waals surface area contributed by atoms with Gasteiger partial charge in [0.1, 0.15) is 5.75 Å². The lowest BCUT2D eigenvalue weighted by atomic mass is 10.3. The summed E-state index contributed by atoms with van der Waals surface area (Å²) in [4.78, 5) is 4.31. The average Bonchev–Trinajstić information content (AvgIpc) is 2.19. The second-order valence-corrected chi connectivity index (χ2v) is 2.42. The van der Waals surface area contributed by atoms with Crippen LogP contribution in [0.1, 0.15) is 0 Å². The van der Waals surface area contributed by atoms with Crippen LogP contribution < -0.4 is 4.74 Å². The highest BCUT2D eigenvalue weighted by atomic mass is 32.2. The summed E-state index contributed by atoms with van der Waals surface area (Å²) in [5.41, 5.74) is 0. The Morgan fingerprint density at radius 3 is 2.77 bits per heavy atom. The maximum atomic E-state index is 5.05. The first-order valence-electron chi connectivity index (χ1n) is 3.53. The van der Waals surface area contributed by atoms with Crippen molar-refractivity contribution >= 4 is 18.4 Å². The number of oxime groups is 1. The van der Waals surface area contributed by atoms with Gasteiger partial charge >= 0.3 is 0 Å². The minimum atomic E-state index is 0.694. The third-order valence-electron chi connectivity index (χ3n) is 1.12. The maximum Gasteiger partial charge on any atom is 0.222 e. The van der Waals surface area contributed by atoms with Crippen LogP contribution in [0.5, 0.6) is 5.75 Å². The topological polar surface area (TPSA) is 40.0 Å². The molecule has 13 heavy (non-hydrogen) atoms. The van der Waals surface area contributed by atoms with Crippen LogP contribution in [0.4, 0.5) is 0 Å². The van der Waals surface area contributed by atoms with Gasteiger partial charge in [-0.15, -0.1) is 0 Å². The van der Waals surface area contributed by atoms with Crippen molar-refractivity contribution in [3.05, 3.63) is 30.3 Å². The third kappa shape index (κ3) is 4.39. The lowest BCUT2D eigenvalue weighted by Gasteiger charge is -1.96. The molecule has 1 aromatic rings. The largest absolute Gasteiger partial charge is 0.442 e. The van der Waals surface area contributed by atoms with Crippen molar-refractivity contribution in [2.75, 3.05) is 6.26 Å². The lowest BCUT2D eigenvalue weighted by molar-refractivity contribution is -0.190. The maximum absolute atomic E-state index is 5.05. The van der Waals surface area contributed by atoms with Crippen molar-refractivity contribution in [2.24, 2.45) is 5.16 Å². The van der Waals surface area contributed by atoms with Gasteiger partial charge in [0.2, 0.25) is 6.40 Å². The summed E-state index contributed by atoms with van der Waals surface area (Å²) in [5, 5.41) is 3.37. The summed E-state index contributed by atoms with van der Waals surface area (Å²) in [6, 6.07) is 9.24. The standard InChI is InChI=1S/C8H9NO3S/c1-13-12-11-9-7-10-8-5-3-2-4-6-8/h2-7H,1H3. The van der Waals surface area contributed by atoms with Gasteiger partial charge in [-0.1, -0.05) is 22.5 Å². The van der Waals surface area contributed by atoms with Gasteiger partial charge < -0.3 is 4.74 Å². The van der Waals surface area contributed by atoms with Crippen molar-refractivity contribution in [3.8, 4) is 5.75 Å². The van der Waals surface area contributed by atoms with E-state index in [1.807, 2.05) is 18.2 Å². The molecule has 70 valence electrons. The smallest absolute Gasteiger partial charge is 0.222 e. The monoisotopic (exact) mass is 199 g/mol. The Morgan fingerprint density at radius 2 is 2.08 bits per heavy atom. The third-order valence-corrected chi connectivity index (χ3v) is 1.31. The molecule has 0 N–H and O–H groups in total. The van der Waals surface area contributed by atoms with Crippen LogP contribution in [-0.4, -0.2) is 12.7 Å². The van der Waals surface area contributed by atoms with Crippen LogP contribution >= 0.6 is 12.0 Å². The van der Waals surface area contributed by atoms with Gasteiger partial charge in [0, 0.05) is 18.3 Å². The summed E-state index contributed by atoms with van der Waals surface area (Å²) in [5.74, 6) is 0.694. The molecule has 0 aliphatic rings. The van der Waals surface area contributed by atoms with Crippen LogP contribution in [0.3, 0.4) is 0 Å². The first kappa shape index (κ1) is 9.88. The van der Waals surface area contributed by atoms with Gasteiger partial charge in [-0.2, -0.15) is 0 Å². The zero-order valence-electron chi connectivity index (χ0n) is 7.04. The number of para-hydroxylation sites is 1. The first-order valence-corrected chi connectivity index (χ1v) is 4.68. The van der Waals surface area contributed by atoms with Gasteiger partial charge in [-0.05, 0) is 17.3 Å². The van der Waals surface area contributed by atoms with Crippen LogP contribution in [0, 0.1) is 0 Å². The van der Waals surface area contributed by atoms with E-state index < -0.39 is 0 Å². The van der Waals surface area contributed by atoms with Crippen molar-refractivity contribution in [1.29, 1.82) is 0 Å². The van der Waals surface area contributed by atoms with Crippen LogP contribution in [0.25, 0.3) is 0 Å². The molecule has 0 aromatic heterocycles. The molecule has 0 unspecified atom stereocenters. The Bertz CT molecular complexity index is 253. The first-order chi connectivity index (χ1) is 6.43. The molecule has 0 aliphatic heterocycles. The zero-order chi connectivity index (χ0) is 9.36. The number of hydrogen-bond acceptors (Lipinski definition) is 5. The fourth-order valence-electron chi connectivity index (χ4n) is 0.647. The van der Waals surface area contributed by atoms with Gasteiger partial charge in [0.05, 0.1) is 0 Å². The van der Waals surface area contributed by atoms with Gasteiger partial charge in [-0.3, -0.25) is 0 Å². The molecule has 0 amide bonds. The van der Waals surface area contributed by atoms with E-state index in [0.29, 0.717) is 5.75 Å². The molecular weight excluding hydrogens is 190 g/mol. The van der Waals surface area contributed by atoms with E-state index >= 15 is 0 Å². The quantitative estimate of drug-likeness (QED) is 0.182. The molecule has 0 bridgehead atoms. The Hall–Kier alpha value is -1.20. The number of benzene rings is 1. The van der Waals surface area contributed by atoms with Gasteiger partial charge in [0.15, 0.2) is 0 Å². The van der Waals surface area contributed by atoms with Gasteiger partial charge in [0.25, 0.3) is 0 Å². The van der Waals surface area contributed by atoms with Crippen LogP contribution in [0.2, 0.25) is 0 Å². The molecule has 0 spiro atoms. The zero-order valence-corrected chi connectivity index (χ0v) is 7.86. The summed E-state index contributed by atoms with van der Waals surface area (Å²) in [7, 11) is 0. The van der Waals surface area contributed by atoms with Crippen molar-refractivity contribution in [3.63, 3.8) is 0 Å². The van der Waals surface area contributed by atoms with E-state index in [1.165, 1.54) is 0 Å². The average molecular weight is 199 g/mol. The molecule has 0 atom stereocenters. The molecule has 0 saturated heterocycles. The normalized spacial score (nSPS) is 10.2. The number of nitrogens with zero attached hydrogens (tertiary/aromatic N) is 1. The minimum absolute atomic E-state index is 0.694. The van der Waals surface area contributed by atoms with Crippen LogP contribution in [0.15, 0.2) is 35.5 Å². The highest BCUT2D eigenvalue weighted by Gasteiger charge is 1.86. The lowest BCUT2D eigenvalue weighted by Crippen LogP contribution is -1.89. The number of ether oxygens (including phenoxy) is 1. The van der Waals surface area contributed by atoms with E-state index in [1.54, 1.807) is 18.4 Å². The molecule has 1 aromatic carbocycles. The second kappa shape index (κ2) is 6.33. The highest BCUT2D eigenvalue weighted by molar-refractivity contribution is 7.93. The summed E-state index contributed by atoms with van der Waals surface area (Å²) in [6.07, 6.45) is 2.87. The van der Waals surface area contributed by atoms with E-state index in [4.69, 9.17) is 4.74 Å². The summed E-state index contributed by atoms with van der Waals surface area (Å²) < 4.78 is 9.46. The molecule has 0 aliphatic carbocycles. The molecule has 0 saturated carbocycles. The van der Waals surface area contributed by atoms with E-state index in [9.17, 15) is 0 Å². The van der Waals surface area contributed by atoms with Gasteiger partial charge in [-0.25, -0.2) is 4.99 Å². The molecule has 0 heterocycles. The van der Waals surface area contributed by atoms with E-state index in [2.05, 4.69) is 14.5 Å². The molecule has 0 radical (unpaired) electrons. The minimum Gasteiger partial charge on any atom is -0.442 e. The van der Waals surface area contributed by atoms with E-state index in [0.717, 1.165) is 18.4 Å². The number of rotatable bonds is 5. The van der Waals surface area contributed by atoms with Crippen molar-refractivity contribution in [1.82, 2.24) is 0 Å². The second-order valence-electron chi connectivity index (χ2n) is 1.95. The fourth-order valence-corrected chi connectivity index (χ4v) is 0.743. The SMILES string of the molecule is CSOON=COc1ccccc1. The summed E-state index contributed by atoms with van der Waals surface area (Å²) >= 11 is 1.06. The number of hydrogen-bond donors (Lipinski definition) is 0. The Morgan fingerprint density at radius 1 is 1.31 bits per heavy atom. The van der Waals surface area contributed by atoms with Crippen LogP contribution in [-0.2, 0) is 9.32 Å². The molecule has 1 rings (SSSR count). The molecule has 4 nitrogen and oxygen atoms in total. The van der Waals surface area contributed by atoms with Crippen molar-refractivity contribution in [2.45, 2.75) is 0 Å². The van der Waals surface area contributed by atoms with E-state index in [-0.39, 0.29) is 0 Å². The molecular formula is C8H9NO3S. The molecule has 0 fully saturated rings. The summed E-state index contributed by atoms with van der Waals surface area (Å²) in [6.45, 7) is 0. The Kier molecular flexibility index (Phi) is 4.81.